The number of primary amides is 1. The lowest BCUT2D eigenvalue weighted by molar-refractivity contribution is -0.120. The molecule has 3 amide bonds. The highest BCUT2D eigenvalue weighted by atomic mass is 32.2. The molecule has 0 bridgehead atoms. The molecule has 1 aliphatic heterocycles. The molecule has 0 radical (unpaired) electrons. The minimum absolute atomic E-state index is 0.354. The first-order chi connectivity index (χ1) is 6.97. The van der Waals surface area contributed by atoms with Crippen LogP contribution in [-0.4, -0.2) is 16.1 Å². The summed E-state index contributed by atoms with van der Waals surface area (Å²) in [6, 6.07) is -0.575. The first kappa shape index (κ1) is 11.7. The van der Waals surface area contributed by atoms with Gasteiger partial charge in [0.15, 0.2) is 11.0 Å². The summed E-state index contributed by atoms with van der Waals surface area (Å²) >= 11 is 0. The molecule has 15 heavy (non-hydrogen) atoms. The highest BCUT2D eigenvalue weighted by Crippen LogP contribution is 2.20. The predicted octanol–water partition coefficient (Wildman–Crippen LogP) is -0.294. The highest BCUT2D eigenvalue weighted by molar-refractivity contribution is 7.87. The second-order valence-corrected chi connectivity index (χ2v) is 4.37. The lowest BCUT2D eigenvalue weighted by Gasteiger charge is -2.23. The van der Waals surface area contributed by atoms with Gasteiger partial charge in [0.05, 0.1) is 10.8 Å². The van der Waals surface area contributed by atoms with E-state index in [2.05, 4.69) is 10.0 Å². The van der Waals surface area contributed by atoms with Crippen LogP contribution in [0.5, 0.6) is 0 Å². The Morgan fingerprint density at radius 1 is 1.60 bits per heavy atom. The fourth-order valence-corrected chi connectivity index (χ4v) is 2.31. The van der Waals surface area contributed by atoms with Gasteiger partial charge in [0.1, 0.15) is 0 Å². The predicted molar refractivity (Wildman–Crippen MR) is 55.5 cm³/mol. The summed E-state index contributed by atoms with van der Waals surface area (Å²) in [5.74, 6) is -1.20. The molecular weight excluding hydrogens is 218 g/mol. The number of nitrogens with one attached hydrogen (secondary N) is 2. The van der Waals surface area contributed by atoms with Crippen LogP contribution in [0.2, 0.25) is 0 Å². The van der Waals surface area contributed by atoms with Crippen LogP contribution < -0.4 is 15.8 Å². The molecule has 0 saturated heterocycles. The average Bonchev–Trinajstić information content (AvgIpc) is 2.15. The number of allylic oxidation sites excluding steroid dienone is 1. The summed E-state index contributed by atoms with van der Waals surface area (Å²) in [5, 5.41) is 2.46. The van der Waals surface area contributed by atoms with E-state index in [1.165, 1.54) is 0 Å². The van der Waals surface area contributed by atoms with Gasteiger partial charge < -0.3 is 11.1 Å². The van der Waals surface area contributed by atoms with Gasteiger partial charge in [-0.3, -0.25) is 9.52 Å². The lowest BCUT2D eigenvalue weighted by Crippen LogP contribution is -2.45. The minimum Gasteiger partial charge on any atom is -0.369 e. The van der Waals surface area contributed by atoms with Gasteiger partial charge in [-0.1, -0.05) is 6.92 Å². The van der Waals surface area contributed by atoms with Crippen molar-refractivity contribution >= 4 is 22.9 Å². The number of urea groups is 1. The smallest absolute Gasteiger partial charge is 0.331 e. The third-order valence-corrected chi connectivity index (χ3v) is 3.47. The second kappa shape index (κ2) is 4.43. The van der Waals surface area contributed by atoms with Crippen molar-refractivity contribution in [2.45, 2.75) is 20.3 Å². The van der Waals surface area contributed by atoms with E-state index in [-0.39, 0.29) is 0 Å². The third kappa shape index (κ3) is 2.35. The van der Waals surface area contributed by atoms with Crippen LogP contribution in [0.4, 0.5) is 4.79 Å². The molecule has 0 spiro atoms. The molecule has 1 aliphatic rings. The molecule has 84 valence electrons. The summed E-state index contributed by atoms with van der Waals surface area (Å²) in [7, 11) is -1.57. The third-order valence-electron chi connectivity index (χ3n) is 2.14. The van der Waals surface area contributed by atoms with E-state index in [9.17, 15) is 13.8 Å². The number of carbonyl (C=O) groups excluding carboxylic acids is 2. The Bertz CT molecular complexity index is 364. The number of rotatable bonds is 3. The first-order valence-corrected chi connectivity index (χ1v) is 5.64. The summed E-state index contributed by atoms with van der Waals surface area (Å²) in [5.41, 5.74) is 5.48. The van der Waals surface area contributed by atoms with E-state index < -0.39 is 28.8 Å². The van der Waals surface area contributed by atoms with Crippen molar-refractivity contribution < 1.29 is 13.8 Å². The molecule has 1 heterocycles. The van der Waals surface area contributed by atoms with Crippen LogP contribution in [0.3, 0.4) is 0 Å². The quantitative estimate of drug-likeness (QED) is 0.621. The fraction of sp³-hybridized carbons (Fsp3) is 0.500. The van der Waals surface area contributed by atoms with Crippen LogP contribution in [0.25, 0.3) is 0 Å². The van der Waals surface area contributed by atoms with Crippen LogP contribution in [0.1, 0.15) is 20.3 Å². The van der Waals surface area contributed by atoms with E-state index in [1.807, 2.05) is 0 Å². The topological polar surface area (TPSA) is 101 Å². The molecule has 2 unspecified atom stereocenters. The molecule has 7 heteroatoms. The Morgan fingerprint density at radius 3 is 2.67 bits per heavy atom. The largest absolute Gasteiger partial charge is 0.369 e. The van der Waals surface area contributed by atoms with Crippen LogP contribution in [0, 0.1) is 5.92 Å². The Labute approximate surface area is 89.9 Å². The van der Waals surface area contributed by atoms with Crippen molar-refractivity contribution in [1.29, 1.82) is 0 Å². The molecule has 0 aromatic heterocycles. The molecule has 4 N–H and O–H groups in total. The van der Waals surface area contributed by atoms with E-state index in [1.54, 1.807) is 13.8 Å². The Kier molecular flexibility index (Phi) is 3.46. The van der Waals surface area contributed by atoms with Crippen molar-refractivity contribution in [1.82, 2.24) is 10.0 Å². The minimum atomic E-state index is -1.57. The maximum Gasteiger partial charge on any atom is 0.331 e. The maximum atomic E-state index is 11.5. The Morgan fingerprint density at radius 2 is 2.20 bits per heavy atom. The molecule has 0 aromatic carbocycles. The number of amides is 3. The lowest BCUT2D eigenvalue weighted by atomic mass is 10.1. The standard InChI is InChI=1S/C8H13N3O3S/c1-3-5-6(4(2)7(9)12)10-8(13)11-15(5)14/h4H,3H2,1-2H3,(H2,9,12)(H2,10,11,13). The number of nitrogens with two attached hydrogens (primary N) is 1. The highest BCUT2D eigenvalue weighted by Gasteiger charge is 2.28. The van der Waals surface area contributed by atoms with Crippen molar-refractivity contribution in [3.63, 3.8) is 0 Å². The Balaban J connectivity index is 3.13. The molecule has 1 rings (SSSR count). The van der Waals surface area contributed by atoms with Gasteiger partial charge in [0.25, 0.3) is 0 Å². The van der Waals surface area contributed by atoms with Gasteiger partial charge in [0, 0.05) is 5.70 Å². The van der Waals surface area contributed by atoms with Crippen molar-refractivity contribution in [3.8, 4) is 0 Å². The summed E-state index contributed by atoms with van der Waals surface area (Å²) in [4.78, 5) is 22.6. The maximum absolute atomic E-state index is 11.5. The Hall–Kier alpha value is -1.37. The van der Waals surface area contributed by atoms with Crippen LogP contribution in [0.15, 0.2) is 10.6 Å². The molecular formula is C8H13N3O3S. The van der Waals surface area contributed by atoms with E-state index in [0.717, 1.165) is 0 Å². The van der Waals surface area contributed by atoms with Crippen LogP contribution in [-0.2, 0) is 15.8 Å². The van der Waals surface area contributed by atoms with E-state index >= 15 is 0 Å². The first-order valence-electron chi connectivity index (χ1n) is 4.49. The normalized spacial score (nSPS) is 23.1. The zero-order valence-electron chi connectivity index (χ0n) is 8.49. The molecule has 0 fully saturated rings. The number of carbonyl (C=O) groups is 2. The molecule has 6 nitrogen and oxygen atoms in total. The fourth-order valence-electron chi connectivity index (χ4n) is 1.28. The van der Waals surface area contributed by atoms with E-state index in [0.29, 0.717) is 17.0 Å². The molecule has 0 aliphatic carbocycles. The van der Waals surface area contributed by atoms with E-state index in [4.69, 9.17) is 5.73 Å². The van der Waals surface area contributed by atoms with Crippen molar-refractivity contribution in [2.24, 2.45) is 11.7 Å². The average molecular weight is 231 g/mol. The molecule has 2 atom stereocenters. The van der Waals surface area contributed by atoms with Gasteiger partial charge in [0.2, 0.25) is 5.91 Å². The zero-order valence-corrected chi connectivity index (χ0v) is 9.31. The molecule has 0 aromatic rings. The van der Waals surface area contributed by atoms with Gasteiger partial charge in [-0.15, -0.1) is 0 Å². The SMILES string of the molecule is CCC1=C(C(C)C(N)=O)NC(=O)NS1=O. The summed E-state index contributed by atoms with van der Waals surface area (Å²) in [6.45, 7) is 3.36. The van der Waals surface area contributed by atoms with Gasteiger partial charge in [-0.05, 0) is 13.3 Å². The second-order valence-electron chi connectivity index (χ2n) is 3.14. The van der Waals surface area contributed by atoms with Gasteiger partial charge in [-0.2, -0.15) is 0 Å². The van der Waals surface area contributed by atoms with Crippen LogP contribution >= 0.6 is 0 Å². The van der Waals surface area contributed by atoms with Crippen molar-refractivity contribution in [3.05, 3.63) is 10.6 Å². The summed E-state index contributed by atoms with van der Waals surface area (Å²) < 4.78 is 13.7. The van der Waals surface area contributed by atoms with Gasteiger partial charge in [-0.25, -0.2) is 9.00 Å². The number of hydrogen-bond donors (Lipinski definition) is 3. The molecule has 0 saturated carbocycles. The van der Waals surface area contributed by atoms with Gasteiger partial charge >= 0.3 is 6.03 Å². The number of hydrogen-bond acceptors (Lipinski definition) is 3. The summed E-state index contributed by atoms with van der Waals surface area (Å²) in [6.07, 6.45) is 0.479. The zero-order chi connectivity index (χ0) is 11.6. The van der Waals surface area contributed by atoms with Crippen molar-refractivity contribution in [2.75, 3.05) is 0 Å². The monoisotopic (exact) mass is 231 g/mol.